The first kappa shape index (κ1) is 13.9. The number of nitrogens with zero attached hydrogens (tertiary/aromatic N) is 1. The van der Waals surface area contributed by atoms with Crippen LogP contribution < -0.4 is 5.32 Å². The van der Waals surface area contributed by atoms with Gasteiger partial charge in [0.15, 0.2) is 0 Å². The molecule has 1 saturated heterocycles. The van der Waals surface area contributed by atoms with Gasteiger partial charge in [0.05, 0.1) is 13.2 Å². The standard InChI is InChI=1S/C13H28N2O/c1-2-7-14-8-5-3-4-6-9-15-10-12-16-13-11-15/h14H,2-13H2,1H3. The van der Waals surface area contributed by atoms with Crippen LogP contribution in [-0.4, -0.2) is 50.8 Å². The van der Waals surface area contributed by atoms with E-state index >= 15 is 0 Å². The highest BCUT2D eigenvalue weighted by Gasteiger charge is 2.08. The van der Waals surface area contributed by atoms with Crippen molar-refractivity contribution in [2.75, 3.05) is 45.9 Å². The second-order valence-electron chi connectivity index (χ2n) is 4.62. The number of hydrogen-bond donors (Lipinski definition) is 1. The molecule has 1 aliphatic heterocycles. The molecule has 96 valence electrons. The van der Waals surface area contributed by atoms with Gasteiger partial charge in [-0.1, -0.05) is 19.8 Å². The first-order chi connectivity index (χ1) is 7.93. The molecule has 0 radical (unpaired) electrons. The highest BCUT2D eigenvalue weighted by Crippen LogP contribution is 2.03. The third-order valence-corrected chi connectivity index (χ3v) is 3.11. The second kappa shape index (κ2) is 10.1. The number of rotatable bonds is 9. The van der Waals surface area contributed by atoms with Crippen LogP contribution in [0.25, 0.3) is 0 Å². The zero-order chi connectivity index (χ0) is 11.5. The maximum absolute atomic E-state index is 5.33. The fraction of sp³-hybridized carbons (Fsp3) is 1.00. The maximum Gasteiger partial charge on any atom is 0.0594 e. The van der Waals surface area contributed by atoms with Crippen LogP contribution in [0.3, 0.4) is 0 Å². The smallest absolute Gasteiger partial charge is 0.0594 e. The van der Waals surface area contributed by atoms with Gasteiger partial charge in [-0.05, 0) is 38.9 Å². The fourth-order valence-electron chi connectivity index (χ4n) is 2.07. The van der Waals surface area contributed by atoms with Gasteiger partial charge in [0.1, 0.15) is 0 Å². The summed E-state index contributed by atoms with van der Waals surface area (Å²) in [5.74, 6) is 0. The molecule has 1 heterocycles. The Bertz CT molecular complexity index is 147. The molecule has 1 fully saturated rings. The average molecular weight is 228 g/mol. The van der Waals surface area contributed by atoms with E-state index in [0.29, 0.717) is 0 Å². The van der Waals surface area contributed by atoms with E-state index in [0.717, 1.165) is 26.3 Å². The first-order valence-corrected chi connectivity index (χ1v) is 6.94. The molecular formula is C13H28N2O. The van der Waals surface area contributed by atoms with E-state index < -0.39 is 0 Å². The van der Waals surface area contributed by atoms with Gasteiger partial charge in [-0.3, -0.25) is 4.90 Å². The van der Waals surface area contributed by atoms with Gasteiger partial charge >= 0.3 is 0 Å². The lowest BCUT2D eigenvalue weighted by Gasteiger charge is -2.26. The SMILES string of the molecule is CCCNCCCCCCN1CCOCC1. The lowest BCUT2D eigenvalue weighted by molar-refractivity contribution is 0.0371. The summed E-state index contributed by atoms with van der Waals surface area (Å²) in [5, 5.41) is 3.45. The molecule has 1 rings (SSSR count). The predicted molar refractivity (Wildman–Crippen MR) is 68.9 cm³/mol. The van der Waals surface area contributed by atoms with E-state index in [1.165, 1.54) is 51.7 Å². The number of unbranched alkanes of at least 4 members (excludes halogenated alkanes) is 3. The summed E-state index contributed by atoms with van der Waals surface area (Å²) in [6.45, 7) is 10.00. The van der Waals surface area contributed by atoms with Crippen LogP contribution >= 0.6 is 0 Å². The highest BCUT2D eigenvalue weighted by molar-refractivity contribution is 4.61. The van der Waals surface area contributed by atoms with Gasteiger partial charge in [-0.25, -0.2) is 0 Å². The molecule has 0 amide bonds. The van der Waals surface area contributed by atoms with Crippen LogP contribution in [0.1, 0.15) is 39.0 Å². The van der Waals surface area contributed by atoms with Gasteiger partial charge < -0.3 is 10.1 Å². The van der Waals surface area contributed by atoms with Crippen LogP contribution in [-0.2, 0) is 4.74 Å². The molecule has 1 N–H and O–H groups in total. The molecule has 0 aliphatic carbocycles. The summed E-state index contributed by atoms with van der Waals surface area (Å²) in [6.07, 6.45) is 6.69. The number of morpholine rings is 1. The maximum atomic E-state index is 5.33. The molecule has 0 aromatic carbocycles. The topological polar surface area (TPSA) is 24.5 Å². The molecule has 3 nitrogen and oxygen atoms in total. The predicted octanol–water partition coefficient (Wildman–Crippen LogP) is 1.88. The van der Waals surface area contributed by atoms with E-state index in [9.17, 15) is 0 Å². The highest BCUT2D eigenvalue weighted by atomic mass is 16.5. The molecule has 3 heteroatoms. The second-order valence-corrected chi connectivity index (χ2v) is 4.62. The third kappa shape index (κ3) is 7.20. The van der Waals surface area contributed by atoms with Crippen molar-refractivity contribution in [1.82, 2.24) is 10.2 Å². The quantitative estimate of drug-likeness (QED) is 0.610. The molecule has 0 atom stereocenters. The van der Waals surface area contributed by atoms with Crippen molar-refractivity contribution in [1.29, 1.82) is 0 Å². The number of nitrogens with one attached hydrogen (secondary N) is 1. The Morgan fingerprint density at radius 3 is 2.50 bits per heavy atom. The van der Waals surface area contributed by atoms with Crippen LogP contribution in [0.15, 0.2) is 0 Å². The summed E-state index contributed by atoms with van der Waals surface area (Å²) in [6, 6.07) is 0. The van der Waals surface area contributed by atoms with E-state index in [4.69, 9.17) is 4.74 Å². The Morgan fingerprint density at radius 1 is 1.00 bits per heavy atom. The van der Waals surface area contributed by atoms with Crippen LogP contribution in [0.5, 0.6) is 0 Å². The number of ether oxygens (including phenoxy) is 1. The summed E-state index contributed by atoms with van der Waals surface area (Å²) in [5.41, 5.74) is 0. The van der Waals surface area contributed by atoms with Crippen LogP contribution in [0, 0.1) is 0 Å². The molecular weight excluding hydrogens is 200 g/mol. The normalized spacial score (nSPS) is 17.8. The Labute approximate surface area is 101 Å². The van der Waals surface area contributed by atoms with Gasteiger partial charge in [-0.2, -0.15) is 0 Å². The van der Waals surface area contributed by atoms with E-state index in [-0.39, 0.29) is 0 Å². The summed E-state index contributed by atoms with van der Waals surface area (Å²) >= 11 is 0. The average Bonchev–Trinajstić information content (AvgIpc) is 2.34. The molecule has 0 aromatic heterocycles. The summed E-state index contributed by atoms with van der Waals surface area (Å²) < 4.78 is 5.33. The first-order valence-electron chi connectivity index (χ1n) is 6.94. The molecule has 16 heavy (non-hydrogen) atoms. The Hall–Kier alpha value is -0.120. The fourth-order valence-corrected chi connectivity index (χ4v) is 2.07. The largest absolute Gasteiger partial charge is 0.379 e. The van der Waals surface area contributed by atoms with E-state index in [1.54, 1.807) is 0 Å². The van der Waals surface area contributed by atoms with E-state index in [1.807, 2.05) is 0 Å². The van der Waals surface area contributed by atoms with Crippen molar-refractivity contribution in [2.45, 2.75) is 39.0 Å². The lowest BCUT2D eigenvalue weighted by atomic mass is 10.2. The molecule has 0 aromatic rings. The van der Waals surface area contributed by atoms with Gasteiger partial charge in [0.2, 0.25) is 0 Å². The number of hydrogen-bond acceptors (Lipinski definition) is 3. The van der Waals surface area contributed by atoms with Crippen LogP contribution in [0.4, 0.5) is 0 Å². The van der Waals surface area contributed by atoms with Crippen molar-refractivity contribution in [3.63, 3.8) is 0 Å². The lowest BCUT2D eigenvalue weighted by Crippen LogP contribution is -2.36. The Kier molecular flexibility index (Phi) is 8.77. The monoisotopic (exact) mass is 228 g/mol. The van der Waals surface area contributed by atoms with E-state index in [2.05, 4.69) is 17.1 Å². The zero-order valence-corrected chi connectivity index (χ0v) is 10.8. The van der Waals surface area contributed by atoms with Crippen molar-refractivity contribution < 1.29 is 4.74 Å². The molecule has 0 saturated carbocycles. The minimum Gasteiger partial charge on any atom is -0.379 e. The van der Waals surface area contributed by atoms with Crippen LogP contribution in [0.2, 0.25) is 0 Å². The minimum atomic E-state index is 0.931. The summed E-state index contributed by atoms with van der Waals surface area (Å²) in [7, 11) is 0. The van der Waals surface area contributed by atoms with Crippen molar-refractivity contribution in [3.8, 4) is 0 Å². The van der Waals surface area contributed by atoms with Crippen molar-refractivity contribution >= 4 is 0 Å². The zero-order valence-electron chi connectivity index (χ0n) is 10.8. The van der Waals surface area contributed by atoms with Gasteiger partial charge in [0, 0.05) is 13.1 Å². The minimum absolute atomic E-state index is 0.931. The Balaban J connectivity index is 1.77. The molecule has 0 unspecified atom stereocenters. The third-order valence-electron chi connectivity index (χ3n) is 3.11. The van der Waals surface area contributed by atoms with Gasteiger partial charge in [-0.15, -0.1) is 0 Å². The van der Waals surface area contributed by atoms with Gasteiger partial charge in [0.25, 0.3) is 0 Å². The summed E-state index contributed by atoms with van der Waals surface area (Å²) in [4.78, 5) is 2.53. The molecule has 0 bridgehead atoms. The molecule has 1 aliphatic rings. The van der Waals surface area contributed by atoms with Crippen molar-refractivity contribution in [2.24, 2.45) is 0 Å². The van der Waals surface area contributed by atoms with Crippen molar-refractivity contribution in [3.05, 3.63) is 0 Å². The molecule has 0 spiro atoms. The Morgan fingerprint density at radius 2 is 1.75 bits per heavy atom.